The average Bonchev–Trinajstić information content (AvgIpc) is 2.64. The van der Waals surface area contributed by atoms with Crippen LogP contribution >= 0.6 is 0 Å². The van der Waals surface area contributed by atoms with Crippen molar-refractivity contribution in [1.82, 2.24) is 0 Å². The van der Waals surface area contributed by atoms with Crippen LogP contribution in [0.1, 0.15) is 65.2 Å². The van der Waals surface area contributed by atoms with Crippen LogP contribution in [0.3, 0.4) is 0 Å². The number of nitrogens with two attached hydrogens (primary N) is 1. The first kappa shape index (κ1) is 14.5. The molecule has 1 saturated carbocycles. The third kappa shape index (κ3) is 6.06. The first-order valence-electron chi connectivity index (χ1n) is 6.86. The van der Waals surface area contributed by atoms with Gasteiger partial charge in [-0.3, -0.25) is 4.79 Å². The Morgan fingerprint density at radius 3 is 2.53 bits per heavy atom. The van der Waals surface area contributed by atoms with E-state index in [9.17, 15) is 4.79 Å². The van der Waals surface area contributed by atoms with E-state index in [1.165, 1.54) is 38.5 Å². The summed E-state index contributed by atoms with van der Waals surface area (Å²) in [5.74, 6) is 0.120. The first-order valence-corrected chi connectivity index (χ1v) is 6.86. The van der Waals surface area contributed by atoms with E-state index in [-0.39, 0.29) is 17.9 Å². The van der Waals surface area contributed by atoms with Crippen LogP contribution in [0, 0.1) is 11.3 Å². The molecule has 1 unspecified atom stereocenters. The second-order valence-electron chi connectivity index (χ2n) is 6.42. The molecule has 1 rings (SSSR count). The Kier molecular flexibility index (Phi) is 5.44. The van der Waals surface area contributed by atoms with Crippen LogP contribution in [-0.2, 0) is 4.79 Å². The van der Waals surface area contributed by atoms with Gasteiger partial charge in [-0.1, -0.05) is 39.5 Å². The van der Waals surface area contributed by atoms with Gasteiger partial charge < -0.3 is 10.8 Å². The third-order valence-electron chi connectivity index (χ3n) is 3.96. The molecule has 0 saturated heterocycles. The SMILES string of the molecule is CC(C)(CCC1CCCC1)CC(N)CC(=O)O. The van der Waals surface area contributed by atoms with Gasteiger partial charge >= 0.3 is 5.97 Å². The number of hydrogen-bond acceptors (Lipinski definition) is 2. The molecule has 0 radical (unpaired) electrons. The molecule has 0 aromatic carbocycles. The lowest BCUT2D eigenvalue weighted by Crippen LogP contribution is -2.30. The zero-order valence-electron chi connectivity index (χ0n) is 11.2. The fraction of sp³-hybridized carbons (Fsp3) is 0.929. The molecule has 1 aliphatic rings. The van der Waals surface area contributed by atoms with Crippen molar-refractivity contribution in [3.63, 3.8) is 0 Å². The molecule has 0 spiro atoms. The Hall–Kier alpha value is -0.570. The summed E-state index contributed by atoms with van der Waals surface area (Å²) in [6, 6.07) is -0.203. The van der Waals surface area contributed by atoms with Crippen molar-refractivity contribution >= 4 is 5.97 Å². The smallest absolute Gasteiger partial charge is 0.304 e. The predicted octanol–water partition coefficient (Wildman–Crippen LogP) is 3.18. The van der Waals surface area contributed by atoms with Gasteiger partial charge in [0, 0.05) is 6.04 Å². The Labute approximate surface area is 105 Å². The van der Waals surface area contributed by atoms with Gasteiger partial charge in [0.15, 0.2) is 0 Å². The normalized spacial score (nSPS) is 19.5. The molecule has 1 fully saturated rings. The van der Waals surface area contributed by atoms with Crippen LogP contribution in [0.15, 0.2) is 0 Å². The maximum Gasteiger partial charge on any atom is 0.304 e. The summed E-state index contributed by atoms with van der Waals surface area (Å²) in [6.07, 6.45) is 8.92. The summed E-state index contributed by atoms with van der Waals surface area (Å²) in [5, 5.41) is 8.70. The maximum atomic E-state index is 10.6. The summed E-state index contributed by atoms with van der Waals surface area (Å²) >= 11 is 0. The van der Waals surface area contributed by atoms with E-state index >= 15 is 0 Å². The Balaban J connectivity index is 2.26. The van der Waals surface area contributed by atoms with Crippen LogP contribution < -0.4 is 5.73 Å². The molecule has 1 atom stereocenters. The minimum Gasteiger partial charge on any atom is -0.481 e. The van der Waals surface area contributed by atoms with Crippen molar-refractivity contribution in [3.8, 4) is 0 Å². The quantitative estimate of drug-likeness (QED) is 0.719. The molecular weight excluding hydrogens is 214 g/mol. The predicted molar refractivity (Wildman–Crippen MR) is 69.8 cm³/mol. The average molecular weight is 241 g/mol. The molecular formula is C14H27NO2. The fourth-order valence-corrected chi connectivity index (χ4v) is 3.00. The highest BCUT2D eigenvalue weighted by Crippen LogP contribution is 2.35. The lowest BCUT2D eigenvalue weighted by molar-refractivity contribution is -0.137. The molecule has 1 aliphatic carbocycles. The number of carboxylic acid groups (broad SMARTS) is 1. The Bertz CT molecular complexity index is 245. The third-order valence-corrected chi connectivity index (χ3v) is 3.96. The van der Waals surface area contributed by atoms with E-state index < -0.39 is 5.97 Å². The summed E-state index contributed by atoms with van der Waals surface area (Å²) in [6.45, 7) is 4.42. The largest absolute Gasteiger partial charge is 0.481 e. The van der Waals surface area contributed by atoms with Crippen LogP contribution in [-0.4, -0.2) is 17.1 Å². The van der Waals surface area contributed by atoms with Crippen LogP contribution in [0.25, 0.3) is 0 Å². The standard InChI is InChI=1S/C14H27NO2/c1-14(2,10-12(15)9-13(16)17)8-7-11-5-3-4-6-11/h11-12H,3-10,15H2,1-2H3,(H,16,17). The molecule has 0 bridgehead atoms. The zero-order chi connectivity index (χ0) is 12.9. The summed E-state index contributed by atoms with van der Waals surface area (Å²) < 4.78 is 0. The van der Waals surface area contributed by atoms with Gasteiger partial charge in [-0.15, -0.1) is 0 Å². The number of hydrogen-bond donors (Lipinski definition) is 2. The van der Waals surface area contributed by atoms with Crippen molar-refractivity contribution in [2.45, 2.75) is 71.3 Å². The van der Waals surface area contributed by atoms with Gasteiger partial charge in [-0.2, -0.15) is 0 Å². The minimum atomic E-state index is -0.788. The first-order chi connectivity index (χ1) is 7.89. The lowest BCUT2D eigenvalue weighted by Gasteiger charge is -2.28. The highest BCUT2D eigenvalue weighted by Gasteiger charge is 2.25. The van der Waals surface area contributed by atoms with E-state index in [1.807, 2.05) is 0 Å². The van der Waals surface area contributed by atoms with Gasteiger partial charge in [-0.25, -0.2) is 0 Å². The van der Waals surface area contributed by atoms with Crippen molar-refractivity contribution in [3.05, 3.63) is 0 Å². The number of aliphatic carboxylic acids is 1. The van der Waals surface area contributed by atoms with Gasteiger partial charge in [0.2, 0.25) is 0 Å². The summed E-state index contributed by atoms with van der Waals surface area (Å²) in [7, 11) is 0. The molecule has 3 N–H and O–H groups in total. The molecule has 0 aromatic rings. The molecule has 0 amide bonds. The van der Waals surface area contributed by atoms with Crippen LogP contribution in [0.4, 0.5) is 0 Å². The van der Waals surface area contributed by atoms with Crippen molar-refractivity contribution in [1.29, 1.82) is 0 Å². The van der Waals surface area contributed by atoms with Gasteiger partial charge in [0.05, 0.1) is 6.42 Å². The van der Waals surface area contributed by atoms with Gasteiger partial charge in [0.1, 0.15) is 0 Å². The Morgan fingerprint density at radius 1 is 1.41 bits per heavy atom. The molecule has 0 heterocycles. The second-order valence-corrected chi connectivity index (χ2v) is 6.42. The number of carbonyl (C=O) groups is 1. The van der Waals surface area contributed by atoms with Gasteiger partial charge in [0.25, 0.3) is 0 Å². The lowest BCUT2D eigenvalue weighted by atomic mass is 9.79. The van der Waals surface area contributed by atoms with E-state index in [2.05, 4.69) is 13.8 Å². The maximum absolute atomic E-state index is 10.6. The van der Waals surface area contributed by atoms with E-state index in [1.54, 1.807) is 0 Å². The monoisotopic (exact) mass is 241 g/mol. The van der Waals surface area contributed by atoms with E-state index in [0.717, 1.165) is 12.3 Å². The van der Waals surface area contributed by atoms with Gasteiger partial charge in [-0.05, 0) is 30.6 Å². The zero-order valence-corrected chi connectivity index (χ0v) is 11.2. The highest BCUT2D eigenvalue weighted by molar-refractivity contribution is 5.67. The van der Waals surface area contributed by atoms with Crippen LogP contribution in [0.5, 0.6) is 0 Å². The molecule has 3 heteroatoms. The topological polar surface area (TPSA) is 63.3 Å². The molecule has 3 nitrogen and oxygen atoms in total. The van der Waals surface area contributed by atoms with Crippen LogP contribution in [0.2, 0.25) is 0 Å². The van der Waals surface area contributed by atoms with Crippen molar-refractivity contribution in [2.75, 3.05) is 0 Å². The highest BCUT2D eigenvalue weighted by atomic mass is 16.4. The summed E-state index contributed by atoms with van der Waals surface area (Å²) in [4.78, 5) is 10.6. The van der Waals surface area contributed by atoms with E-state index in [4.69, 9.17) is 10.8 Å². The molecule has 17 heavy (non-hydrogen) atoms. The molecule has 100 valence electrons. The second kappa shape index (κ2) is 6.39. The van der Waals surface area contributed by atoms with E-state index in [0.29, 0.717) is 0 Å². The molecule has 0 aliphatic heterocycles. The fourth-order valence-electron chi connectivity index (χ4n) is 3.00. The summed E-state index contributed by atoms with van der Waals surface area (Å²) in [5.41, 5.74) is 6.04. The van der Waals surface area contributed by atoms with Crippen molar-refractivity contribution in [2.24, 2.45) is 17.1 Å². The van der Waals surface area contributed by atoms with Crippen molar-refractivity contribution < 1.29 is 9.90 Å². The number of carboxylic acids is 1. The molecule has 0 aromatic heterocycles. The number of rotatable bonds is 7. The Morgan fingerprint density at radius 2 is 2.00 bits per heavy atom. The minimum absolute atomic E-state index is 0.0901.